The van der Waals surface area contributed by atoms with Gasteiger partial charge in [0.1, 0.15) is 11.5 Å². The lowest BCUT2D eigenvalue weighted by molar-refractivity contribution is 0.100. The largest absolute Gasteiger partial charge is 0.457 e. The zero-order valence-corrected chi connectivity index (χ0v) is 20.0. The maximum Gasteiger partial charge on any atom is 0.248 e. The normalized spacial score (nSPS) is 21.2. The molecule has 2 aromatic carbocycles. The number of likely N-dealkylation sites (tertiary alicyclic amines) is 1. The summed E-state index contributed by atoms with van der Waals surface area (Å²) in [6, 6.07) is 15.7. The highest BCUT2D eigenvalue weighted by Gasteiger charge is 2.33. The lowest BCUT2D eigenvalue weighted by Gasteiger charge is -2.33. The quantitative estimate of drug-likeness (QED) is 0.562. The number of benzene rings is 2. The van der Waals surface area contributed by atoms with Gasteiger partial charge in [-0.1, -0.05) is 31.1 Å². The first-order valence-corrected chi connectivity index (χ1v) is 12.1. The highest BCUT2D eigenvalue weighted by atomic mass is 16.5. The van der Waals surface area contributed by atoms with Gasteiger partial charge in [-0.15, -0.1) is 0 Å². The van der Waals surface area contributed by atoms with Gasteiger partial charge >= 0.3 is 0 Å². The van der Waals surface area contributed by atoms with Crippen molar-refractivity contribution in [1.82, 2.24) is 4.90 Å². The van der Waals surface area contributed by atoms with E-state index in [1.165, 1.54) is 42.5 Å². The fourth-order valence-corrected chi connectivity index (χ4v) is 5.20. The summed E-state index contributed by atoms with van der Waals surface area (Å²) in [7, 11) is 0. The Morgan fingerprint density at radius 1 is 1.09 bits per heavy atom. The van der Waals surface area contributed by atoms with Gasteiger partial charge in [0.2, 0.25) is 5.91 Å². The average molecular weight is 446 g/mol. The molecule has 5 nitrogen and oxygen atoms in total. The molecular weight excluding hydrogens is 410 g/mol. The highest BCUT2D eigenvalue weighted by molar-refractivity contribution is 6.00. The van der Waals surface area contributed by atoms with E-state index >= 15 is 0 Å². The SMILES string of the molecule is CCCC1CN=C(C)C([C@@H]2CCCN2Cc2ccc(Oc3ccc(C(N)=O)cc3)cc2)=C1C. The molecule has 1 saturated heterocycles. The van der Waals surface area contributed by atoms with Crippen molar-refractivity contribution in [3.63, 3.8) is 0 Å². The Morgan fingerprint density at radius 3 is 2.39 bits per heavy atom. The molecule has 0 bridgehead atoms. The topological polar surface area (TPSA) is 67.9 Å². The third-order valence-electron chi connectivity index (χ3n) is 6.99. The number of hydrogen-bond acceptors (Lipinski definition) is 4. The molecule has 5 heteroatoms. The number of amides is 1. The summed E-state index contributed by atoms with van der Waals surface area (Å²) in [4.78, 5) is 18.7. The first kappa shape index (κ1) is 23.2. The zero-order valence-electron chi connectivity index (χ0n) is 20.0. The summed E-state index contributed by atoms with van der Waals surface area (Å²) in [5.74, 6) is 1.63. The molecule has 0 aliphatic carbocycles. The number of dihydropyridines is 1. The molecule has 33 heavy (non-hydrogen) atoms. The fraction of sp³-hybridized carbons (Fsp3) is 0.429. The second-order valence-electron chi connectivity index (χ2n) is 9.27. The Kier molecular flexibility index (Phi) is 7.29. The molecule has 2 aromatic rings. The van der Waals surface area contributed by atoms with Gasteiger partial charge in [-0.25, -0.2) is 0 Å². The van der Waals surface area contributed by atoms with Gasteiger partial charge in [-0.3, -0.25) is 14.7 Å². The molecule has 2 atom stereocenters. The summed E-state index contributed by atoms with van der Waals surface area (Å²) in [6.07, 6.45) is 4.88. The van der Waals surface area contributed by atoms with Crippen molar-refractivity contribution in [2.75, 3.05) is 13.1 Å². The number of carbonyl (C=O) groups is 1. The Bertz CT molecular complexity index is 1040. The van der Waals surface area contributed by atoms with Gasteiger partial charge in [0, 0.05) is 30.4 Å². The summed E-state index contributed by atoms with van der Waals surface area (Å²) < 4.78 is 5.93. The Hall–Kier alpha value is -2.92. The molecule has 1 fully saturated rings. The number of ether oxygens (including phenoxy) is 1. The van der Waals surface area contributed by atoms with Gasteiger partial charge < -0.3 is 10.5 Å². The fourth-order valence-electron chi connectivity index (χ4n) is 5.20. The minimum Gasteiger partial charge on any atom is -0.457 e. The van der Waals surface area contributed by atoms with E-state index in [0.29, 0.717) is 23.3 Å². The smallest absolute Gasteiger partial charge is 0.248 e. The van der Waals surface area contributed by atoms with Crippen LogP contribution in [0.3, 0.4) is 0 Å². The molecule has 2 aliphatic rings. The van der Waals surface area contributed by atoms with Gasteiger partial charge in [0.05, 0.1) is 0 Å². The maximum atomic E-state index is 11.2. The molecule has 2 heterocycles. The van der Waals surface area contributed by atoms with E-state index in [2.05, 4.69) is 37.8 Å². The van der Waals surface area contributed by atoms with Crippen LogP contribution in [0.1, 0.15) is 62.4 Å². The molecule has 174 valence electrons. The predicted octanol–water partition coefficient (Wildman–Crippen LogP) is 5.75. The lowest BCUT2D eigenvalue weighted by atomic mass is 9.84. The zero-order chi connectivity index (χ0) is 23.4. The summed E-state index contributed by atoms with van der Waals surface area (Å²) in [5.41, 5.74) is 11.4. The van der Waals surface area contributed by atoms with Crippen LogP contribution >= 0.6 is 0 Å². The van der Waals surface area contributed by atoms with E-state index in [1.807, 2.05) is 12.1 Å². The van der Waals surface area contributed by atoms with Crippen molar-refractivity contribution < 1.29 is 9.53 Å². The van der Waals surface area contributed by atoms with Crippen molar-refractivity contribution in [1.29, 1.82) is 0 Å². The van der Waals surface area contributed by atoms with Gasteiger partial charge in [-0.2, -0.15) is 0 Å². The molecule has 2 N–H and O–H groups in total. The minimum absolute atomic E-state index is 0.437. The standard InChI is InChI=1S/C28H35N3O2/c1-4-6-23-17-30-20(3)27(19(23)2)26-7-5-16-31(26)18-21-8-12-24(13-9-21)33-25-14-10-22(11-15-25)28(29)32/h8-15,23,26H,4-7,16-18H2,1-3H3,(H2,29,32)/t23?,26-/m0/s1. The predicted molar refractivity (Wildman–Crippen MR) is 134 cm³/mol. The van der Waals surface area contributed by atoms with Crippen molar-refractivity contribution in [2.45, 2.75) is 59.0 Å². The minimum atomic E-state index is -0.437. The van der Waals surface area contributed by atoms with Crippen LogP contribution in [-0.4, -0.2) is 35.7 Å². The van der Waals surface area contributed by atoms with E-state index in [9.17, 15) is 4.79 Å². The number of hydrogen-bond donors (Lipinski definition) is 1. The number of primary amides is 1. The van der Waals surface area contributed by atoms with Crippen molar-refractivity contribution in [3.8, 4) is 11.5 Å². The van der Waals surface area contributed by atoms with Crippen LogP contribution in [0.15, 0.2) is 64.7 Å². The van der Waals surface area contributed by atoms with Crippen molar-refractivity contribution in [2.24, 2.45) is 16.6 Å². The molecule has 2 aliphatic heterocycles. The van der Waals surface area contributed by atoms with Crippen LogP contribution in [0.5, 0.6) is 11.5 Å². The molecular formula is C28H35N3O2. The van der Waals surface area contributed by atoms with E-state index in [1.54, 1.807) is 29.8 Å². The highest BCUT2D eigenvalue weighted by Crippen LogP contribution is 2.34. The second-order valence-corrected chi connectivity index (χ2v) is 9.27. The summed E-state index contributed by atoms with van der Waals surface area (Å²) in [6.45, 7) is 9.81. The van der Waals surface area contributed by atoms with Crippen LogP contribution in [0.2, 0.25) is 0 Å². The third kappa shape index (κ3) is 5.36. The van der Waals surface area contributed by atoms with Crippen LogP contribution in [0.25, 0.3) is 0 Å². The number of nitrogens with two attached hydrogens (primary N) is 1. The Morgan fingerprint density at radius 2 is 1.76 bits per heavy atom. The molecule has 0 spiro atoms. The van der Waals surface area contributed by atoms with Crippen LogP contribution in [0, 0.1) is 5.92 Å². The lowest BCUT2D eigenvalue weighted by Crippen LogP contribution is -2.35. The molecule has 1 amide bonds. The Balaban J connectivity index is 1.43. The van der Waals surface area contributed by atoms with Crippen molar-refractivity contribution in [3.05, 3.63) is 70.8 Å². The average Bonchev–Trinajstić information content (AvgIpc) is 3.25. The number of carbonyl (C=O) groups excluding carboxylic acids is 1. The Labute approximate surface area is 197 Å². The molecule has 4 rings (SSSR count). The van der Waals surface area contributed by atoms with E-state index in [-0.39, 0.29) is 0 Å². The van der Waals surface area contributed by atoms with E-state index < -0.39 is 5.91 Å². The van der Waals surface area contributed by atoms with E-state index in [4.69, 9.17) is 15.5 Å². The second kappa shape index (κ2) is 10.3. The molecule has 0 aromatic heterocycles. The van der Waals surface area contributed by atoms with Gasteiger partial charge in [0.15, 0.2) is 0 Å². The first-order chi connectivity index (χ1) is 16.0. The molecule has 1 unspecified atom stereocenters. The number of aliphatic imine (C=N–C) groups is 1. The van der Waals surface area contributed by atoms with E-state index in [0.717, 1.165) is 25.4 Å². The first-order valence-electron chi connectivity index (χ1n) is 12.1. The number of nitrogens with zero attached hydrogens (tertiary/aromatic N) is 2. The number of rotatable bonds is 8. The van der Waals surface area contributed by atoms with Gasteiger partial charge in [-0.05, 0) is 93.1 Å². The van der Waals surface area contributed by atoms with Crippen LogP contribution in [-0.2, 0) is 6.54 Å². The van der Waals surface area contributed by atoms with Gasteiger partial charge in [0.25, 0.3) is 0 Å². The maximum absolute atomic E-state index is 11.2. The molecule has 0 saturated carbocycles. The summed E-state index contributed by atoms with van der Waals surface area (Å²) >= 11 is 0. The van der Waals surface area contributed by atoms with Crippen LogP contribution < -0.4 is 10.5 Å². The summed E-state index contributed by atoms with van der Waals surface area (Å²) in [5, 5.41) is 0. The monoisotopic (exact) mass is 445 g/mol. The third-order valence-corrected chi connectivity index (χ3v) is 6.99. The van der Waals surface area contributed by atoms with Crippen molar-refractivity contribution >= 4 is 11.6 Å². The van der Waals surface area contributed by atoms with Crippen LogP contribution in [0.4, 0.5) is 0 Å². The molecule has 0 radical (unpaired) electrons.